The van der Waals surface area contributed by atoms with Crippen LogP contribution < -0.4 is 10.6 Å². The summed E-state index contributed by atoms with van der Waals surface area (Å²) in [4.78, 5) is 47.3. The number of ketones is 1. The van der Waals surface area contributed by atoms with Crippen LogP contribution in [0.25, 0.3) is 0 Å². The second-order valence-electron chi connectivity index (χ2n) is 5.83. The minimum Gasteiger partial charge on any atom is -0.456 e. The van der Waals surface area contributed by atoms with E-state index in [0.717, 1.165) is 12.1 Å². The fourth-order valence-electron chi connectivity index (χ4n) is 2.18. The Labute approximate surface area is 169 Å². The number of ether oxygens (including phenoxy) is 1. The highest BCUT2D eigenvalue weighted by atomic mass is 32.1. The number of rotatable bonds is 10. The minimum absolute atomic E-state index is 0.00256. The second-order valence-corrected chi connectivity index (χ2v) is 6.78. The number of esters is 1. The molecule has 1 heterocycles. The summed E-state index contributed by atoms with van der Waals surface area (Å²) >= 11 is 1.30. The molecule has 29 heavy (non-hydrogen) atoms. The van der Waals surface area contributed by atoms with Crippen molar-refractivity contribution in [2.75, 3.05) is 18.5 Å². The third-order valence-electron chi connectivity index (χ3n) is 3.60. The lowest BCUT2D eigenvalue weighted by Gasteiger charge is -2.08. The molecule has 0 atom stereocenters. The molecular formula is C19H18F2N2O5S. The Morgan fingerprint density at radius 1 is 1.00 bits per heavy atom. The van der Waals surface area contributed by atoms with E-state index in [1.54, 1.807) is 17.5 Å². The second kappa shape index (κ2) is 11.0. The normalized spacial score (nSPS) is 10.3. The average Bonchev–Trinajstić information content (AvgIpc) is 3.21. The number of anilines is 1. The molecular weight excluding hydrogens is 406 g/mol. The minimum atomic E-state index is -0.954. The molecule has 2 N–H and O–H groups in total. The van der Waals surface area contributed by atoms with Gasteiger partial charge in [0.05, 0.1) is 17.0 Å². The number of hydrogen-bond donors (Lipinski definition) is 2. The van der Waals surface area contributed by atoms with Gasteiger partial charge in [0.1, 0.15) is 11.6 Å². The van der Waals surface area contributed by atoms with Gasteiger partial charge in [0.15, 0.2) is 12.4 Å². The topological polar surface area (TPSA) is 102 Å². The largest absolute Gasteiger partial charge is 0.456 e. The Morgan fingerprint density at radius 3 is 2.48 bits per heavy atom. The van der Waals surface area contributed by atoms with Crippen LogP contribution >= 0.6 is 11.3 Å². The molecule has 0 fully saturated rings. The monoisotopic (exact) mass is 424 g/mol. The van der Waals surface area contributed by atoms with Crippen molar-refractivity contribution >= 4 is 40.6 Å². The summed E-state index contributed by atoms with van der Waals surface area (Å²) in [6, 6.07) is 6.06. The molecule has 0 aliphatic rings. The highest BCUT2D eigenvalue weighted by Gasteiger charge is 2.12. The van der Waals surface area contributed by atoms with E-state index < -0.39 is 30.1 Å². The maximum Gasteiger partial charge on any atom is 0.308 e. The number of thiophene rings is 1. The molecule has 0 aliphatic heterocycles. The zero-order valence-electron chi connectivity index (χ0n) is 15.2. The molecule has 1 aromatic heterocycles. The van der Waals surface area contributed by atoms with Gasteiger partial charge in [-0.2, -0.15) is 0 Å². The van der Waals surface area contributed by atoms with E-state index in [2.05, 4.69) is 10.6 Å². The van der Waals surface area contributed by atoms with Gasteiger partial charge in [0, 0.05) is 25.5 Å². The van der Waals surface area contributed by atoms with Crippen LogP contribution in [0.15, 0.2) is 35.7 Å². The smallest absolute Gasteiger partial charge is 0.308 e. The summed E-state index contributed by atoms with van der Waals surface area (Å²) in [5.74, 6) is -3.78. The van der Waals surface area contributed by atoms with Crippen molar-refractivity contribution in [2.45, 2.75) is 19.3 Å². The number of benzene rings is 1. The van der Waals surface area contributed by atoms with Crippen LogP contribution in [0.1, 0.15) is 28.9 Å². The average molecular weight is 424 g/mol. The quantitative estimate of drug-likeness (QED) is 0.451. The number of nitrogens with one attached hydrogen (secondary N) is 2. The third-order valence-corrected chi connectivity index (χ3v) is 4.51. The SMILES string of the molecule is O=C(CCC(=O)c1cccs1)NCCC(=O)OCC(=O)Nc1ccc(F)cc1F. The van der Waals surface area contributed by atoms with Crippen molar-refractivity contribution < 1.29 is 32.7 Å². The van der Waals surface area contributed by atoms with Gasteiger partial charge in [-0.15, -0.1) is 11.3 Å². The standard InChI is InChI=1S/C19H18F2N2O5S/c20-12-3-4-14(13(21)10-12)23-18(26)11-28-19(27)7-8-22-17(25)6-5-15(24)16-2-1-9-29-16/h1-4,9-10H,5-8,11H2,(H,22,25)(H,23,26). The molecule has 0 saturated heterocycles. The van der Waals surface area contributed by atoms with Crippen LogP contribution in [-0.2, 0) is 19.1 Å². The Morgan fingerprint density at radius 2 is 1.79 bits per heavy atom. The molecule has 2 rings (SSSR count). The van der Waals surface area contributed by atoms with E-state index in [-0.39, 0.29) is 43.2 Å². The van der Waals surface area contributed by atoms with E-state index in [1.165, 1.54) is 11.3 Å². The predicted octanol–water partition coefficient (Wildman–Crippen LogP) is 2.68. The van der Waals surface area contributed by atoms with Gasteiger partial charge in [-0.1, -0.05) is 6.07 Å². The highest BCUT2D eigenvalue weighted by Crippen LogP contribution is 2.14. The first-order valence-corrected chi connectivity index (χ1v) is 9.47. The van der Waals surface area contributed by atoms with E-state index in [0.29, 0.717) is 10.9 Å². The summed E-state index contributed by atoms with van der Waals surface area (Å²) in [5, 5.41) is 6.40. The summed E-state index contributed by atoms with van der Waals surface area (Å²) in [6.07, 6.45) is -0.114. The van der Waals surface area contributed by atoms with E-state index >= 15 is 0 Å². The molecule has 154 valence electrons. The van der Waals surface area contributed by atoms with Gasteiger partial charge in [-0.05, 0) is 23.6 Å². The molecule has 0 spiro atoms. The Bertz CT molecular complexity index is 887. The maximum absolute atomic E-state index is 13.4. The zero-order chi connectivity index (χ0) is 21.2. The van der Waals surface area contributed by atoms with Crippen molar-refractivity contribution in [3.63, 3.8) is 0 Å². The molecule has 0 bridgehead atoms. The van der Waals surface area contributed by atoms with Gasteiger partial charge in [-0.3, -0.25) is 19.2 Å². The summed E-state index contributed by atoms with van der Waals surface area (Å²) in [7, 11) is 0. The fourth-order valence-corrected chi connectivity index (χ4v) is 2.87. The Hall–Kier alpha value is -3.14. The summed E-state index contributed by atoms with van der Waals surface area (Å²) in [5.41, 5.74) is -0.239. The number of carbonyl (C=O) groups excluding carboxylic acids is 4. The number of amides is 2. The molecule has 0 unspecified atom stereocenters. The lowest BCUT2D eigenvalue weighted by Crippen LogP contribution is -2.28. The van der Waals surface area contributed by atoms with Crippen molar-refractivity contribution in [3.05, 3.63) is 52.2 Å². The first kappa shape index (κ1) is 22.2. The molecule has 1 aromatic carbocycles. The Balaban J connectivity index is 1.59. The lowest BCUT2D eigenvalue weighted by molar-refractivity contribution is -0.147. The van der Waals surface area contributed by atoms with Gasteiger partial charge in [0.2, 0.25) is 5.91 Å². The van der Waals surface area contributed by atoms with E-state index in [9.17, 15) is 28.0 Å². The van der Waals surface area contributed by atoms with Crippen LogP contribution in [0, 0.1) is 11.6 Å². The molecule has 10 heteroatoms. The van der Waals surface area contributed by atoms with Gasteiger partial charge >= 0.3 is 5.97 Å². The highest BCUT2D eigenvalue weighted by molar-refractivity contribution is 7.12. The molecule has 0 radical (unpaired) electrons. The molecule has 2 aromatic rings. The van der Waals surface area contributed by atoms with Crippen LogP contribution in [0.2, 0.25) is 0 Å². The summed E-state index contributed by atoms with van der Waals surface area (Å²) in [6.45, 7) is -0.669. The van der Waals surface area contributed by atoms with Crippen LogP contribution in [0.4, 0.5) is 14.5 Å². The van der Waals surface area contributed by atoms with Crippen molar-refractivity contribution in [2.24, 2.45) is 0 Å². The zero-order valence-corrected chi connectivity index (χ0v) is 16.0. The van der Waals surface area contributed by atoms with E-state index in [4.69, 9.17) is 4.74 Å². The van der Waals surface area contributed by atoms with Crippen LogP contribution in [-0.4, -0.2) is 36.7 Å². The van der Waals surface area contributed by atoms with Gasteiger partial charge < -0.3 is 15.4 Å². The molecule has 0 saturated carbocycles. The van der Waals surface area contributed by atoms with Gasteiger partial charge in [0.25, 0.3) is 5.91 Å². The molecule has 7 nitrogen and oxygen atoms in total. The maximum atomic E-state index is 13.4. The number of hydrogen-bond acceptors (Lipinski definition) is 6. The van der Waals surface area contributed by atoms with Crippen molar-refractivity contribution in [3.8, 4) is 0 Å². The lowest BCUT2D eigenvalue weighted by atomic mass is 10.2. The number of halogens is 2. The predicted molar refractivity (Wildman–Crippen MR) is 101 cm³/mol. The number of carbonyl (C=O) groups is 4. The van der Waals surface area contributed by atoms with E-state index in [1.807, 2.05) is 0 Å². The Kier molecular flexibility index (Phi) is 8.41. The van der Waals surface area contributed by atoms with Crippen LogP contribution in [0.3, 0.4) is 0 Å². The molecule has 0 aliphatic carbocycles. The summed E-state index contributed by atoms with van der Waals surface area (Å²) < 4.78 is 30.9. The molecule has 2 amide bonds. The van der Waals surface area contributed by atoms with Gasteiger partial charge in [-0.25, -0.2) is 8.78 Å². The third kappa shape index (κ3) is 7.78. The van der Waals surface area contributed by atoms with Crippen molar-refractivity contribution in [1.29, 1.82) is 0 Å². The fraction of sp³-hybridized carbons (Fsp3) is 0.263. The first-order valence-electron chi connectivity index (χ1n) is 8.59. The first-order chi connectivity index (χ1) is 13.8. The number of Topliss-reactive ketones (excluding diaryl/α,β-unsaturated/α-hetero) is 1. The van der Waals surface area contributed by atoms with Crippen LogP contribution in [0.5, 0.6) is 0 Å². The van der Waals surface area contributed by atoms with Crippen molar-refractivity contribution in [1.82, 2.24) is 5.32 Å².